The largest absolute Gasteiger partial charge is 0.469 e. The number of Topliss-reactive ketones (excluding diaryl/α,β-unsaturated/α-hetero) is 1. The first kappa shape index (κ1) is 26.8. The summed E-state index contributed by atoms with van der Waals surface area (Å²) in [7, 11) is 1.30. The van der Waals surface area contributed by atoms with E-state index in [-0.39, 0.29) is 37.4 Å². The molecule has 0 radical (unpaired) electrons. The number of benzene rings is 2. The van der Waals surface area contributed by atoms with E-state index >= 15 is 0 Å². The zero-order valence-electron chi connectivity index (χ0n) is 20.3. The number of carbonyl (C=O) groups excluding carboxylic acids is 4. The summed E-state index contributed by atoms with van der Waals surface area (Å²) in [5, 5.41) is 5.71. The van der Waals surface area contributed by atoms with Gasteiger partial charge in [0, 0.05) is 36.3 Å². The van der Waals surface area contributed by atoms with Gasteiger partial charge in [-0.05, 0) is 24.1 Å². The highest BCUT2D eigenvalue weighted by atomic mass is 16.5. The van der Waals surface area contributed by atoms with Crippen LogP contribution in [0.4, 0.5) is 0 Å². The molecule has 2 amide bonds. The third-order valence-corrected chi connectivity index (χ3v) is 5.48. The minimum atomic E-state index is -0.861. The van der Waals surface area contributed by atoms with Crippen molar-refractivity contribution in [3.05, 3.63) is 71.8 Å². The summed E-state index contributed by atoms with van der Waals surface area (Å²) in [6, 6.07) is 16.6. The first-order chi connectivity index (χ1) is 16.1. The average molecular weight is 467 g/mol. The van der Waals surface area contributed by atoms with Crippen LogP contribution in [0.3, 0.4) is 0 Å². The molecule has 2 rings (SSSR count). The van der Waals surface area contributed by atoms with Crippen molar-refractivity contribution in [3.63, 3.8) is 0 Å². The third-order valence-electron chi connectivity index (χ3n) is 5.48. The fourth-order valence-corrected chi connectivity index (χ4v) is 3.34. The Morgan fingerprint density at radius 3 is 2.03 bits per heavy atom. The first-order valence-electron chi connectivity index (χ1n) is 11.4. The van der Waals surface area contributed by atoms with Gasteiger partial charge in [-0.3, -0.25) is 19.2 Å². The van der Waals surface area contributed by atoms with E-state index in [9.17, 15) is 19.2 Å². The number of ketones is 1. The van der Waals surface area contributed by atoms with E-state index in [1.807, 2.05) is 57.2 Å². The van der Waals surface area contributed by atoms with E-state index in [0.29, 0.717) is 5.56 Å². The smallest absolute Gasteiger partial charge is 0.305 e. The lowest BCUT2D eigenvalue weighted by Crippen LogP contribution is -2.51. The van der Waals surface area contributed by atoms with Gasteiger partial charge in [0.25, 0.3) is 5.91 Å². The molecule has 0 spiro atoms. The number of nitrogens with one attached hydrogen (secondary N) is 2. The van der Waals surface area contributed by atoms with E-state index in [1.165, 1.54) is 7.11 Å². The van der Waals surface area contributed by atoms with Crippen molar-refractivity contribution in [2.24, 2.45) is 5.41 Å². The molecule has 0 bridgehead atoms. The highest BCUT2D eigenvalue weighted by Gasteiger charge is 2.29. The van der Waals surface area contributed by atoms with Crippen LogP contribution in [0.2, 0.25) is 0 Å². The van der Waals surface area contributed by atoms with Crippen molar-refractivity contribution in [1.29, 1.82) is 0 Å². The van der Waals surface area contributed by atoms with Crippen LogP contribution >= 0.6 is 0 Å². The summed E-state index contributed by atoms with van der Waals surface area (Å²) in [5.41, 5.74) is 0.741. The van der Waals surface area contributed by atoms with Crippen LogP contribution in [0, 0.1) is 5.41 Å². The van der Waals surface area contributed by atoms with Crippen LogP contribution in [0.5, 0.6) is 0 Å². The molecule has 0 aliphatic heterocycles. The highest BCUT2D eigenvalue weighted by molar-refractivity contribution is 5.97. The molecule has 0 saturated carbocycles. The average Bonchev–Trinajstić information content (AvgIpc) is 2.82. The van der Waals surface area contributed by atoms with Gasteiger partial charge in [0.05, 0.1) is 7.11 Å². The molecule has 0 aliphatic carbocycles. The summed E-state index contributed by atoms with van der Waals surface area (Å²) >= 11 is 0. The lowest BCUT2D eigenvalue weighted by molar-refractivity contribution is -0.141. The monoisotopic (exact) mass is 466 g/mol. The number of amides is 2. The fourth-order valence-electron chi connectivity index (χ4n) is 3.34. The molecule has 0 aromatic heterocycles. The number of hydrogen-bond donors (Lipinski definition) is 2. The number of ether oxygens (including phenoxy) is 1. The molecule has 7 heteroatoms. The van der Waals surface area contributed by atoms with E-state index in [0.717, 1.165) is 5.56 Å². The summed E-state index contributed by atoms with van der Waals surface area (Å²) in [4.78, 5) is 50.5. The van der Waals surface area contributed by atoms with Gasteiger partial charge in [0.2, 0.25) is 5.91 Å². The number of hydrogen-bond acceptors (Lipinski definition) is 5. The standard InChI is InChI=1S/C27H34N2O5/c1-27(2,3)23(30)18-21(15-16-24(31)34-4)28-26(33)22(17-19-11-7-5-8-12-19)29-25(32)20-13-9-6-10-14-20/h5-14,21-22H,15-18H2,1-4H3,(H,28,33)(H,29,32)/t21?,22-/m0/s1. The second kappa shape index (κ2) is 12.7. The molecule has 7 nitrogen and oxygen atoms in total. The van der Waals surface area contributed by atoms with Gasteiger partial charge in [-0.15, -0.1) is 0 Å². The maximum atomic E-state index is 13.3. The zero-order valence-corrected chi connectivity index (χ0v) is 20.3. The van der Waals surface area contributed by atoms with Crippen molar-refractivity contribution in [1.82, 2.24) is 10.6 Å². The first-order valence-corrected chi connectivity index (χ1v) is 11.4. The van der Waals surface area contributed by atoms with Gasteiger partial charge in [0.1, 0.15) is 11.8 Å². The number of carbonyl (C=O) groups is 4. The minimum Gasteiger partial charge on any atom is -0.469 e. The molecule has 2 atom stereocenters. The Balaban J connectivity index is 2.21. The van der Waals surface area contributed by atoms with Gasteiger partial charge in [-0.2, -0.15) is 0 Å². The Bertz CT molecular complexity index is 968. The second-order valence-corrected chi connectivity index (χ2v) is 9.28. The van der Waals surface area contributed by atoms with Crippen LogP contribution in [0.1, 0.15) is 56.0 Å². The lowest BCUT2D eigenvalue weighted by atomic mass is 9.86. The summed E-state index contributed by atoms with van der Waals surface area (Å²) in [6.07, 6.45) is 0.683. The van der Waals surface area contributed by atoms with Gasteiger partial charge >= 0.3 is 5.97 Å². The lowest BCUT2D eigenvalue weighted by Gasteiger charge is -2.26. The van der Waals surface area contributed by atoms with Gasteiger partial charge < -0.3 is 15.4 Å². The van der Waals surface area contributed by atoms with Crippen molar-refractivity contribution < 1.29 is 23.9 Å². The Morgan fingerprint density at radius 2 is 1.47 bits per heavy atom. The molecule has 0 fully saturated rings. The Kier molecular flexibility index (Phi) is 9.98. The molecule has 0 saturated heterocycles. The van der Waals surface area contributed by atoms with Crippen molar-refractivity contribution >= 4 is 23.6 Å². The summed E-state index contributed by atoms with van der Waals surface area (Å²) in [6.45, 7) is 5.44. The van der Waals surface area contributed by atoms with E-state index < -0.39 is 29.4 Å². The maximum absolute atomic E-state index is 13.3. The second-order valence-electron chi connectivity index (χ2n) is 9.28. The maximum Gasteiger partial charge on any atom is 0.305 e. The van der Waals surface area contributed by atoms with Gasteiger partial charge in [-0.25, -0.2) is 0 Å². The summed E-state index contributed by atoms with van der Waals surface area (Å²) in [5.74, 6) is -1.23. The summed E-state index contributed by atoms with van der Waals surface area (Å²) < 4.78 is 4.71. The van der Waals surface area contributed by atoms with Crippen molar-refractivity contribution in [2.45, 2.75) is 58.5 Å². The molecular weight excluding hydrogens is 432 g/mol. The Labute approximate surface area is 201 Å². The molecule has 0 heterocycles. The molecular formula is C27H34N2O5. The molecule has 1 unspecified atom stereocenters. The van der Waals surface area contributed by atoms with E-state index in [2.05, 4.69) is 10.6 Å². The number of rotatable bonds is 11. The van der Waals surface area contributed by atoms with Crippen LogP contribution in [-0.4, -0.2) is 42.8 Å². The van der Waals surface area contributed by atoms with Crippen molar-refractivity contribution in [2.75, 3.05) is 7.11 Å². The quantitative estimate of drug-likeness (QED) is 0.494. The SMILES string of the molecule is COC(=O)CCC(CC(=O)C(C)(C)C)NC(=O)[C@H](Cc1ccccc1)NC(=O)c1ccccc1. The highest BCUT2D eigenvalue weighted by Crippen LogP contribution is 2.19. The normalized spacial score (nSPS) is 12.8. The Morgan fingerprint density at radius 1 is 0.882 bits per heavy atom. The van der Waals surface area contributed by atoms with Crippen LogP contribution in [0.25, 0.3) is 0 Å². The fraction of sp³-hybridized carbons (Fsp3) is 0.407. The topological polar surface area (TPSA) is 102 Å². The van der Waals surface area contributed by atoms with Crippen LogP contribution < -0.4 is 10.6 Å². The van der Waals surface area contributed by atoms with Crippen LogP contribution in [0.15, 0.2) is 60.7 Å². The van der Waals surface area contributed by atoms with E-state index in [1.54, 1.807) is 24.3 Å². The third kappa shape index (κ3) is 8.81. The molecule has 182 valence electrons. The molecule has 2 N–H and O–H groups in total. The molecule has 0 aliphatic rings. The van der Waals surface area contributed by atoms with E-state index in [4.69, 9.17) is 4.74 Å². The predicted molar refractivity (Wildman–Crippen MR) is 130 cm³/mol. The molecule has 2 aromatic carbocycles. The van der Waals surface area contributed by atoms with Gasteiger partial charge in [-0.1, -0.05) is 69.3 Å². The van der Waals surface area contributed by atoms with Gasteiger partial charge in [0.15, 0.2) is 0 Å². The zero-order chi connectivity index (χ0) is 25.1. The number of esters is 1. The predicted octanol–water partition coefficient (Wildman–Crippen LogP) is 3.47. The van der Waals surface area contributed by atoms with Crippen molar-refractivity contribution in [3.8, 4) is 0 Å². The van der Waals surface area contributed by atoms with Crippen LogP contribution in [-0.2, 0) is 25.5 Å². The molecule has 34 heavy (non-hydrogen) atoms. The molecule has 2 aromatic rings. The number of methoxy groups -OCH3 is 1. The Hall–Kier alpha value is -3.48. The minimum absolute atomic E-state index is 0.0319.